The van der Waals surface area contributed by atoms with E-state index in [1.807, 2.05) is 37.4 Å². The summed E-state index contributed by atoms with van der Waals surface area (Å²) in [6, 6.07) is 16.6. The molecule has 0 fully saturated rings. The normalized spacial score (nSPS) is 11.1. The lowest BCUT2D eigenvalue weighted by molar-refractivity contribution is 0.340. The Bertz CT molecular complexity index is 599. The number of aliphatic imine (C=N–C) groups is 1. The van der Waals surface area contributed by atoms with Gasteiger partial charge >= 0.3 is 0 Å². The van der Waals surface area contributed by atoms with Crippen molar-refractivity contribution in [2.75, 3.05) is 6.61 Å². The highest BCUT2D eigenvalue weighted by Crippen LogP contribution is 2.16. The Morgan fingerprint density at radius 3 is 2.21 bits per heavy atom. The Balaban J connectivity index is 1.82. The van der Waals surface area contributed by atoms with Crippen LogP contribution in [0.5, 0.6) is 5.75 Å². The molecule has 2 rings (SSSR count). The van der Waals surface area contributed by atoms with Crippen LogP contribution in [-0.4, -0.2) is 12.8 Å². The Morgan fingerprint density at radius 2 is 1.54 bits per heavy atom. The largest absolute Gasteiger partial charge is 0.494 e. The summed E-state index contributed by atoms with van der Waals surface area (Å²) in [5, 5.41) is 0. The van der Waals surface area contributed by atoms with Crippen molar-refractivity contribution >= 4 is 11.9 Å². The summed E-state index contributed by atoms with van der Waals surface area (Å²) in [5.74, 6) is 0.901. The van der Waals surface area contributed by atoms with Crippen molar-refractivity contribution in [3.8, 4) is 5.75 Å². The minimum atomic E-state index is 0.693. The van der Waals surface area contributed by atoms with Crippen LogP contribution in [0.4, 0.5) is 5.69 Å². The molecule has 0 aliphatic rings. The van der Waals surface area contributed by atoms with Crippen LogP contribution in [0.1, 0.15) is 57.1 Å². The van der Waals surface area contributed by atoms with Gasteiger partial charge in [-0.05, 0) is 67.3 Å². The third-order valence-corrected chi connectivity index (χ3v) is 4.06. The predicted molar refractivity (Wildman–Crippen MR) is 104 cm³/mol. The monoisotopic (exact) mass is 323 g/mol. The Labute approximate surface area is 146 Å². The van der Waals surface area contributed by atoms with Gasteiger partial charge in [-0.15, -0.1) is 0 Å². The van der Waals surface area contributed by atoms with Crippen LogP contribution >= 0.6 is 0 Å². The zero-order valence-electron chi connectivity index (χ0n) is 15.0. The highest BCUT2D eigenvalue weighted by molar-refractivity contribution is 5.82. The molecule has 0 spiro atoms. The number of aryl methyl sites for hydroxylation is 1. The van der Waals surface area contributed by atoms with Crippen LogP contribution < -0.4 is 4.74 Å². The van der Waals surface area contributed by atoms with E-state index >= 15 is 0 Å². The van der Waals surface area contributed by atoms with E-state index in [4.69, 9.17) is 4.74 Å². The summed E-state index contributed by atoms with van der Waals surface area (Å²) in [6.45, 7) is 4.94. The van der Waals surface area contributed by atoms with Crippen molar-refractivity contribution in [3.63, 3.8) is 0 Å². The molecule has 2 heteroatoms. The average molecular weight is 323 g/mol. The standard InChI is InChI=1S/C22H29NO/c1-3-5-6-7-8-9-19-10-14-21(15-11-19)23-18-20-12-16-22(17-13-20)24-4-2/h10-18H,3-9H2,1-2H3/b23-18+. The van der Waals surface area contributed by atoms with Crippen molar-refractivity contribution in [1.82, 2.24) is 0 Å². The first-order valence-electron chi connectivity index (χ1n) is 9.17. The first-order chi connectivity index (χ1) is 11.8. The zero-order chi connectivity index (χ0) is 17.0. The van der Waals surface area contributed by atoms with Crippen LogP contribution in [-0.2, 0) is 6.42 Å². The van der Waals surface area contributed by atoms with Crippen molar-refractivity contribution < 1.29 is 4.74 Å². The van der Waals surface area contributed by atoms with Crippen molar-refractivity contribution in [1.29, 1.82) is 0 Å². The van der Waals surface area contributed by atoms with E-state index in [1.165, 1.54) is 44.1 Å². The molecule has 0 saturated heterocycles. The Morgan fingerprint density at radius 1 is 0.833 bits per heavy atom. The molecular formula is C22H29NO. The summed E-state index contributed by atoms with van der Waals surface area (Å²) < 4.78 is 5.45. The number of benzene rings is 2. The van der Waals surface area contributed by atoms with Gasteiger partial charge in [0, 0.05) is 6.21 Å². The summed E-state index contributed by atoms with van der Waals surface area (Å²) in [4.78, 5) is 4.55. The highest BCUT2D eigenvalue weighted by atomic mass is 16.5. The Kier molecular flexibility index (Phi) is 8.09. The summed E-state index contributed by atoms with van der Waals surface area (Å²) in [5.41, 5.74) is 3.49. The Hall–Kier alpha value is -2.09. The first-order valence-corrected chi connectivity index (χ1v) is 9.17. The van der Waals surface area contributed by atoms with Gasteiger partial charge in [-0.25, -0.2) is 0 Å². The van der Waals surface area contributed by atoms with Crippen LogP contribution in [0.3, 0.4) is 0 Å². The lowest BCUT2D eigenvalue weighted by Gasteiger charge is -2.03. The molecule has 0 aliphatic heterocycles. The molecule has 0 heterocycles. The lowest BCUT2D eigenvalue weighted by Crippen LogP contribution is -1.91. The summed E-state index contributed by atoms with van der Waals surface area (Å²) >= 11 is 0. The van der Waals surface area contributed by atoms with Crippen molar-refractivity contribution in [2.45, 2.75) is 52.4 Å². The second-order valence-corrected chi connectivity index (χ2v) is 6.09. The number of unbranched alkanes of at least 4 members (excludes halogenated alkanes) is 4. The molecule has 0 aliphatic carbocycles. The maximum Gasteiger partial charge on any atom is 0.119 e. The van der Waals surface area contributed by atoms with Gasteiger partial charge in [-0.2, -0.15) is 0 Å². The number of nitrogens with zero attached hydrogens (tertiary/aromatic N) is 1. The third kappa shape index (κ3) is 6.57. The quantitative estimate of drug-likeness (QED) is 0.369. The van der Waals surface area contributed by atoms with E-state index in [0.717, 1.165) is 17.0 Å². The number of hydrogen-bond acceptors (Lipinski definition) is 2. The van der Waals surface area contributed by atoms with Gasteiger partial charge in [0.2, 0.25) is 0 Å². The van der Waals surface area contributed by atoms with E-state index in [0.29, 0.717) is 6.61 Å². The number of hydrogen-bond donors (Lipinski definition) is 0. The van der Waals surface area contributed by atoms with Gasteiger partial charge in [-0.1, -0.05) is 44.7 Å². The molecule has 2 nitrogen and oxygen atoms in total. The van der Waals surface area contributed by atoms with Gasteiger partial charge in [0.1, 0.15) is 5.75 Å². The SMILES string of the molecule is CCCCCCCc1ccc(/N=C/c2ccc(OCC)cc2)cc1. The molecule has 0 N–H and O–H groups in total. The van der Waals surface area contributed by atoms with E-state index in [-0.39, 0.29) is 0 Å². The molecule has 2 aromatic carbocycles. The maximum absolute atomic E-state index is 5.45. The predicted octanol–water partition coefficient (Wildman–Crippen LogP) is 6.35. The van der Waals surface area contributed by atoms with E-state index in [1.54, 1.807) is 0 Å². The zero-order valence-corrected chi connectivity index (χ0v) is 15.0. The average Bonchev–Trinajstić information content (AvgIpc) is 2.62. The van der Waals surface area contributed by atoms with Gasteiger partial charge in [0.15, 0.2) is 0 Å². The van der Waals surface area contributed by atoms with Crippen molar-refractivity contribution in [2.24, 2.45) is 4.99 Å². The molecule has 0 saturated carbocycles. The van der Waals surface area contributed by atoms with Crippen LogP contribution in [0.2, 0.25) is 0 Å². The van der Waals surface area contributed by atoms with Gasteiger partial charge in [-0.3, -0.25) is 4.99 Å². The van der Waals surface area contributed by atoms with Crippen LogP contribution in [0.15, 0.2) is 53.5 Å². The summed E-state index contributed by atoms with van der Waals surface area (Å²) in [6.07, 6.45) is 9.73. The minimum absolute atomic E-state index is 0.693. The lowest BCUT2D eigenvalue weighted by atomic mass is 10.1. The van der Waals surface area contributed by atoms with Gasteiger partial charge in [0.05, 0.1) is 12.3 Å². The van der Waals surface area contributed by atoms with E-state index < -0.39 is 0 Å². The fraction of sp³-hybridized carbons (Fsp3) is 0.409. The second-order valence-electron chi connectivity index (χ2n) is 6.09. The minimum Gasteiger partial charge on any atom is -0.494 e. The van der Waals surface area contributed by atoms with Gasteiger partial charge in [0.25, 0.3) is 0 Å². The number of ether oxygens (including phenoxy) is 1. The fourth-order valence-corrected chi connectivity index (χ4v) is 2.65. The molecule has 0 bridgehead atoms. The summed E-state index contributed by atoms with van der Waals surface area (Å²) in [7, 11) is 0. The topological polar surface area (TPSA) is 21.6 Å². The third-order valence-electron chi connectivity index (χ3n) is 4.06. The molecule has 128 valence electrons. The molecule has 0 radical (unpaired) electrons. The highest BCUT2D eigenvalue weighted by Gasteiger charge is 1.96. The van der Waals surface area contributed by atoms with Crippen LogP contribution in [0.25, 0.3) is 0 Å². The van der Waals surface area contributed by atoms with E-state index in [9.17, 15) is 0 Å². The van der Waals surface area contributed by atoms with E-state index in [2.05, 4.69) is 36.2 Å². The first kappa shape index (κ1) is 18.3. The fourth-order valence-electron chi connectivity index (χ4n) is 2.65. The van der Waals surface area contributed by atoms with Gasteiger partial charge < -0.3 is 4.74 Å². The molecule has 0 aromatic heterocycles. The molecule has 24 heavy (non-hydrogen) atoms. The number of rotatable bonds is 10. The maximum atomic E-state index is 5.45. The molecular weight excluding hydrogens is 294 g/mol. The smallest absolute Gasteiger partial charge is 0.119 e. The molecule has 0 unspecified atom stereocenters. The van der Waals surface area contributed by atoms with Crippen molar-refractivity contribution in [3.05, 3.63) is 59.7 Å². The second kappa shape index (κ2) is 10.6. The molecule has 0 atom stereocenters. The molecule has 2 aromatic rings. The van der Waals surface area contributed by atoms with Crippen LogP contribution in [0, 0.1) is 0 Å². The molecule has 0 amide bonds.